The Kier molecular flexibility index (Phi) is 7.24. The monoisotopic (exact) mass is 576 g/mol. The number of benzene rings is 1. The molecule has 1 aromatic heterocycles. The van der Waals surface area contributed by atoms with E-state index in [1.165, 1.54) is 18.2 Å². The second-order valence-corrected chi connectivity index (χ2v) is 12.1. The lowest BCUT2D eigenvalue weighted by atomic mass is 9.99. The molecule has 0 bridgehead atoms. The van der Waals surface area contributed by atoms with Crippen molar-refractivity contribution < 1.29 is 33.7 Å². The number of halogens is 2. The predicted octanol–water partition coefficient (Wildman–Crippen LogP) is 4.05. The average Bonchev–Trinajstić information content (AvgIpc) is 3.21. The van der Waals surface area contributed by atoms with Crippen LogP contribution in [-0.4, -0.2) is 93.6 Å². The Morgan fingerprint density at radius 3 is 2.70 bits per heavy atom. The number of anilines is 1. The summed E-state index contributed by atoms with van der Waals surface area (Å²) in [5, 5.41) is 20.7. The van der Waals surface area contributed by atoms with Crippen molar-refractivity contribution in [3.05, 3.63) is 34.6 Å². The van der Waals surface area contributed by atoms with Crippen molar-refractivity contribution >= 4 is 29.4 Å². The fourth-order valence-corrected chi connectivity index (χ4v) is 5.88. The highest BCUT2D eigenvalue weighted by atomic mass is 35.5. The van der Waals surface area contributed by atoms with Crippen molar-refractivity contribution in [2.24, 2.45) is 0 Å². The predicted molar refractivity (Wildman–Crippen MR) is 147 cm³/mol. The van der Waals surface area contributed by atoms with E-state index in [2.05, 4.69) is 4.98 Å². The molecule has 3 aliphatic rings. The second kappa shape index (κ2) is 10.3. The SMILES string of the molecule is CC(C)(C)OC(=O)N1CCN2C(=O)c3c(N4CCC[C@]4(C)CO)nc(-c4c(O)cccc4F)c(Cl)c3OC[C@H]2C1. The van der Waals surface area contributed by atoms with Crippen LogP contribution in [0.4, 0.5) is 15.0 Å². The van der Waals surface area contributed by atoms with Gasteiger partial charge in [-0.2, -0.15) is 0 Å². The Balaban J connectivity index is 1.62. The lowest BCUT2D eigenvalue weighted by Crippen LogP contribution is -2.58. The Morgan fingerprint density at radius 2 is 2.02 bits per heavy atom. The third-order valence-electron chi connectivity index (χ3n) is 7.68. The molecule has 0 saturated carbocycles. The lowest BCUT2D eigenvalue weighted by Gasteiger charge is -2.40. The molecule has 2 atom stereocenters. The molecule has 0 aliphatic carbocycles. The number of piperazine rings is 1. The van der Waals surface area contributed by atoms with Gasteiger partial charge in [-0.1, -0.05) is 17.7 Å². The van der Waals surface area contributed by atoms with Crippen LogP contribution in [0.15, 0.2) is 18.2 Å². The number of nitrogens with zero attached hydrogens (tertiary/aromatic N) is 4. The maximum atomic E-state index is 15.0. The van der Waals surface area contributed by atoms with Crippen molar-refractivity contribution in [1.29, 1.82) is 0 Å². The quantitative estimate of drug-likeness (QED) is 0.562. The number of rotatable bonds is 3. The summed E-state index contributed by atoms with van der Waals surface area (Å²) in [6.45, 7) is 8.23. The molecule has 12 heteroatoms. The number of aromatic hydroxyl groups is 1. The number of carbonyl (C=O) groups is 2. The molecule has 0 radical (unpaired) electrons. The molecule has 2 saturated heterocycles. The molecule has 4 heterocycles. The zero-order chi connectivity index (χ0) is 29.0. The normalized spacial score (nSPS) is 22.9. The van der Waals surface area contributed by atoms with Gasteiger partial charge < -0.3 is 34.4 Å². The van der Waals surface area contributed by atoms with Crippen LogP contribution in [0.3, 0.4) is 0 Å². The number of aromatic nitrogens is 1. The summed E-state index contributed by atoms with van der Waals surface area (Å²) in [4.78, 5) is 36.7. The van der Waals surface area contributed by atoms with E-state index < -0.39 is 29.1 Å². The summed E-state index contributed by atoms with van der Waals surface area (Å²) in [7, 11) is 0. The molecule has 10 nitrogen and oxygen atoms in total. The number of fused-ring (bicyclic) bond motifs is 2. The van der Waals surface area contributed by atoms with Crippen molar-refractivity contribution in [2.75, 3.05) is 44.3 Å². The zero-order valence-electron chi connectivity index (χ0n) is 23.0. The molecule has 40 heavy (non-hydrogen) atoms. The number of phenolic OH excluding ortho intramolecular Hbond substituents is 1. The number of pyridine rings is 1. The number of aliphatic hydroxyl groups is 1. The van der Waals surface area contributed by atoms with E-state index in [0.29, 0.717) is 13.0 Å². The van der Waals surface area contributed by atoms with Gasteiger partial charge in [-0.25, -0.2) is 14.2 Å². The average molecular weight is 577 g/mol. The van der Waals surface area contributed by atoms with Gasteiger partial charge >= 0.3 is 6.09 Å². The van der Waals surface area contributed by atoms with E-state index in [0.717, 1.165) is 6.42 Å². The fourth-order valence-electron chi connectivity index (χ4n) is 5.60. The van der Waals surface area contributed by atoms with Crippen LogP contribution in [0.1, 0.15) is 50.9 Å². The van der Waals surface area contributed by atoms with Crippen LogP contribution >= 0.6 is 11.6 Å². The summed E-state index contributed by atoms with van der Waals surface area (Å²) < 4.78 is 26.7. The highest BCUT2D eigenvalue weighted by molar-refractivity contribution is 6.35. The molecular formula is C28H34ClFN4O6. The Morgan fingerprint density at radius 1 is 1.27 bits per heavy atom. The van der Waals surface area contributed by atoms with Gasteiger partial charge in [0.25, 0.3) is 5.91 Å². The van der Waals surface area contributed by atoms with Crippen LogP contribution in [0.2, 0.25) is 5.02 Å². The Hall–Kier alpha value is -3.31. The van der Waals surface area contributed by atoms with E-state index in [4.69, 9.17) is 21.1 Å². The first kappa shape index (κ1) is 28.2. The molecule has 3 aliphatic heterocycles. The van der Waals surface area contributed by atoms with E-state index in [-0.39, 0.29) is 77.9 Å². The van der Waals surface area contributed by atoms with Gasteiger partial charge in [-0.05, 0) is 52.7 Å². The van der Waals surface area contributed by atoms with Gasteiger partial charge in [0, 0.05) is 26.2 Å². The van der Waals surface area contributed by atoms with Crippen molar-refractivity contribution in [2.45, 2.75) is 57.7 Å². The highest BCUT2D eigenvalue weighted by Gasteiger charge is 2.45. The van der Waals surface area contributed by atoms with Gasteiger partial charge in [-0.15, -0.1) is 0 Å². The highest BCUT2D eigenvalue weighted by Crippen LogP contribution is 2.48. The Labute approximate surface area is 237 Å². The number of amides is 2. The zero-order valence-corrected chi connectivity index (χ0v) is 23.8. The first-order valence-corrected chi connectivity index (χ1v) is 13.7. The number of phenols is 1. The molecule has 0 spiro atoms. The van der Waals surface area contributed by atoms with Crippen molar-refractivity contribution in [3.8, 4) is 22.8 Å². The van der Waals surface area contributed by atoms with Gasteiger partial charge in [0.15, 0.2) is 5.75 Å². The number of ether oxygens (including phenoxy) is 2. The van der Waals surface area contributed by atoms with E-state index in [9.17, 15) is 19.8 Å². The van der Waals surface area contributed by atoms with Gasteiger partial charge in [0.2, 0.25) is 0 Å². The third kappa shape index (κ3) is 4.89. The number of hydrogen-bond acceptors (Lipinski definition) is 8. The van der Waals surface area contributed by atoms with Gasteiger partial charge in [0.1, 0.15) is 45.9 Å². The van der Waals surface area contributed by atoms with Crippen LogP contribution in [0.25, 0.3) is 11.3 Å². The van der Waals surface area contributed by atoms with E-state index >= 15 is 4.39 Å². The molecular weight excluding hydrogens is 543 g/mol. The minimum Gasteiger partial charge on any atom is -0.507 e. The van der Waals surface area contributed by atoms with Gasteiger partial charge in [0.05, 0.1) is 23.8 Å². The van der Waals surface area contributed by atoms with E-state index in [1.807, 2.05) is 11.8 Å². The third-order valence-corrected chi connectivity index (χ3v) is 8.03. The lowest BCUT2D eigenvalue weighted by molar-refractivity contribution is 0.000952. The second-order valence-electron chi connectivity index (χ2n) is 11.7. The van der Waals surface area contributed by atoms with Crippen LogP contribution in [0, 0.1) is 5.82 Å². The largest absolute Gasteiger partial charge is 0.507 e. The van der Waals surface area contributed by atoms with Gasteiger partial charge in [-0.3, -0.25) is 4.79 Å². The minimum atomic E-state index is -0.739. The number of carbonyl (C=O) groups excluding carboxylic acids is 2. The maximum absolute atomic E-state index is 15.0. The standard InChI is InChI=1S/C28H34ClFN4O6/c1-27(2,3)40-26(38)32-11-12-33-16(13-32)14-39-23-20(25(33)37)24(34-10-6-9-28(34,4)15-35)31-22(21(23)29)19-17(30)7-5-8-18(19)36/h5,7-8,16,35-36H,6,9-15H2,1-4H3/t16-,28-/m1/s1. The summed E-state index contributed by atoms with van der Waals surface area (Å²) in [5.41, 5.74) is -1.57. The van der Waals surface area contributed by atoms with Crippen LogP contribution in [-0.2, 0) is 4.74 Å². The maximum Gasteiger partial charge on any atom is 0.410 e. The smallest absolute Gasteiger partial charge is 0.410 e. The molecule has 5 rings (SSSR count). The Bertz CT molecular complexity index is 1330. The molecule has 2 aromatic rings. The summed E-state index contributed by atoms with van der Waals surface area (Å²) in [5.74, 6) is -1.26. The van der Waals surface area contributed by atoms with Crippen molar-refractivity contribution in [1.82, 2.24) is 14.8 Å². The molecule has 1 aromatic carbocycles. The number of hydrogen-bond donors (Lipinski definition) is 2. The molecule has 2 N–H and O–H groups in total. The van der Waals surface area contributed by atoms with Crippen LogP contribution in [0.5, 0.6) is 11.5 Å². The first-order valence-electron chi connectivity index (χ1n) is 13.4. The summed E-state index contributed by atoms with van der Waals surface area (Å²) >= 11 is 6.79. The van der Waals surface area contributed by atoms with Crippen molar-refractivity contribution in [3.63, 3.8) is 0 Å². The number of aliphatic hydroxyl groups excluding tert-OH is 1. The topological polar surface area (TPSA) is 116 Å². The molecule has 0 unspecified atom stereocenters. The van der Waals surface area contributed by atoms with E-state index in [1.54, 1.807) is 30.6 Å². The first-order chi connectivity index (χ1) is 18.8. The fraction of sp³-hybridized carbons (Fsp3) is 0.536. The molecule has 2 amide bonds. The summed E-state index contributed by atoms with van der Waals surface area (Å²) in [6.07, 6.45) is 0.910. The summed E-state index contributed by atoms with van der Waals surface area (Å²) in [6, 6.07) is 3.37. The molecule has 216 valence electrons. The molecule has 2 fully saturated rings. The van der Waals surface area contributed by atoms with Crippen LogP contribution < -0.4 is 9.64 Å². The minimum absolute atomic E-state index is 0.0151.